The lowest BCUT2D eigenvalue weighted by Gasteiger charge is -2.19. The second-order valence-corrected chi connectivity index (χ2v) is 2.67. The van der Waals surface area contributed by atoms with Gasteiger partial charge in [-0.1, -0.05) is 12.2 Å². The molecule has 1 saturated heterocycles. The third-order valence-electron chi connectivity index (χ3n) is 1.99. The molecule has 1 N–H and O–H groups in total. The number of hydrogen-bond acceptors (Lipinski definition) is 2. The van der Waals surface area contributed by atoms with Crippen LogP contribution in [0.15, 0.2) is 12.2 Å². The van der Waals surface area contributed by atoms with Crippen LogP contribution in [0.4, 0.5) is 0 Å². The predicted octanol–water partition coefficient (Wildman–Crippen LogP) is 0.465. The topological polar surface area (TPSA) is 29.5 Å². The third-order valence-corrected chi connectivity index (χ3v) is 1.99. The lowest BCUT2D eigenvalue weighted by Crippen LogP contribution is -2.27. The highest BCUT2D eigenvalue weighted by atomic mass is 16.5. The second-order valence-electron chi connectivity index (χ2n) is 2.67. The van der Waals surface area contributed by atoms with Crippen molar-refractivity contribution in [1.29, 1.82) is 0 Å². The van der Waals surface area contributed by atoms with Gasteiger partial charge in [0.15, 0.2) is 0 Å². The summed E-state index contributed by atoms with van der Waals surface area (Å²) >= 11 is 0. The van der Waals surface area contributed by atoms with Gasteiger partial charge in [0.1, 0.15) is 0 Å². The van der Waals surface area contributed by atoms with E-state index in [-0.39, 0.29) is 12.2 Å². The van der Waals surface area contributed by atoms with E-state index >= 15 is 0 Å². The summed E-state index contributed by atoms with van der Waals surface area (Å²) < 4.78 is 5.37. The van der Waals surface area contributed by atoms with Gasteiger partial charge in [-0.2, -0.15) is 0 Å². The summed E-state index contributed by atoms with van der Waals surface area (Å²) in [5.41, 5.74) is 0. The minimum atomic E-state index is -0.344. The summed E-state index contributed by atoms with van der Waals surface area (Å²) in [6.45, 7) is 0. The molecule has 2 bridgehead atoms. The van der Waals surface area contributed by atoms with Gasteiger partial charge < -0.3 is 9.84 Å². The van der Waals surface area contributed by atoms with Crippen molar-refractivity contribution in [3.63, 3.8) is 0 Å². The minimum Gasteiger partial charge on any atom is -0.386 e. The molecule has 1 fully saturated rings. The number of aliphatic hydroxyl groups is 1. The molecule has 2 heterocycles. The first-order valence-electron chi connectivity index (χ1n) is 3.38. The predicted molar refractivity (Wildman–Crippen MR) is 33.0 cm³/mol. The molecule has 1 unspecified atom stereocenters. The summed E-state index contributed by atoms with van der Waals surface area (Å²) in [5.74, 6) is 0. The Morgan fingerprint density at radius 1 is 1.33 bits per heavy atom. The van der Waals surface area contributed by atoms with Gasteiger partial charge in [0.2, 0.25) is 0 Å². The Hall–Kier alpha value is -0.340. The second kappa shape index (κ2) is 1.82. The zero-order valence-electron chi connectivity index (χ0n) is 5.16. The highest BCUT2D eigenvalue weighted by Crippen LogP contribution is 2.27. The Balaban J connectivity index is 2.19. The summed E-state index contributed by atoms with van der Waals surface area (Å²) in [5, 5.41) is 9.18. The first kappa shape index (κ1) is 5.45. The van der Waals surface area contributed by atoms with Gasteiger partial charge in [0.25, 0.3) is 0 Å². The number of aliphatic hydroxyl groups excluding tert-OH is 1. The molecule has 0 aromatic rings. The van der Waals surface area contributed by atoms with Crippen LogP contribution in [0, 0.1) is 0 Å². The molecule has 0 aromatic heterocycles. The van der Waals surface area contributed by atoms with Gasteiger partial charge in [-0.25, -0.2) is 0 Å². The maximum absolute atomic E-state index is 9.18. The Labute approximate surface area is 54.1 Å². The van der Waals surface area contributed by atoms with Gasteiger partial charge in [-0.05, 0) is 12.8 Å². The molecule has 0 amide bonds. The standard InChI is InChI=1S/C7H10O2/c8-6-3-1-5-2-4-7(6)9-5/h1,3,5-8H,2,4H2/t5-,6?,7-/m0/s1. The van der Waals surface area contributed by atoms with Crippen molar-refractivity contribution < 1.29 is 9.84 Å². The Bertz CT molecular complexity index is 142. The molecule has 2 rings (SSSR count). The molecule has 0 aliphatic carbocycles. The van der Waals surface area contributed by atoms with Gasteiger partial charge in [0.05, 0.1) is 18.3 Å². The van der Waals surface area contributed by atoms with Gasteiger partial charge in [0, 0.05) is 0 Å². The minimum absolute atomic E-state index is 0.0972. The Morgan fingerprint density at radius 3 is 3.00 bits per heavy atom. The number of ether oxygens (including phenoxy) is 1. The van der Waals surface area contributed by atoms with Crippen molar-refractivity contribution in [3.05, 3.63) is 12.2 Å². The highest BCUT2D eigenvalue weighted by molar-refractivity contribution is 5.06. The molecule has 50 valence electrons. The zero-order chi connectivity index (χ0) is 6.27. The fourth-order valence-corrected chi connectivity index (χ4v) is 1.44. The lowest BCUT2D eigenvalue weighted by molar-refractivity contribution is -0.0114. The molecular weight excluding hydrogens is 116 g/mol. The van der Waals surface area contributed by atoms with Crippen molar-refractivity contribution in [3.8, 4) is 0 Å². The lowest BCUT2D eigenvalue weighted by atomic mass is 10.1. The smallest absolute Gasteiger partial charge is 0.0983 e. The van der Waals surface area contributed by atoms with Gasteiger partial charge in [-0.3, -0.25) is 0 Å². The summed E-state index contributed by atoms with van der Waals surface area (Å²) in [6, 6.07) is 0. The van der Waals surface area contributed by atoms with E-state index in [1.54, 1.807) is 0 Å². The van der Waals surface area contributed by atoms with Crippen LogP contribution < -0.4 is 0 Å². The molecule has 0 saturated carbocycles. The van der Waals surface area contributed by atoms with E-state index in [9.17, 15) is 5.11 Å². The van der Waals surface area contributed by atoms with Crippen LogP contribution in [0.5, 0.6) is 0 Å². The van der Waals surface area contributed by atoms with Crippen molar-refractivity contribution in [1.82, 2.24) is 0 Å². The number of fused-ring (bicyclic) bond motifs is 2. The van der Waals surface area contributed by atoms with Crippen LogP contribution in [-0.4, -0.2) is 23.4 Å². The van der Waals surface area contributed by atoms with E-state index in [0.29, 0.717) is 6.10 Å². The number of hydrogen-bond donors (Lipinski definition) is 1. The normalized spacial score (nSPS) is 47.9. The fourth-order valence-electron chi connectivity index (χ4n) is 1.44. The first-order chi connectivity index (χ1) is 4.36. The largest absolute Gasteiger partial charge is 0.386 e. The Kier molecular flexibility index (Phi) is 1.10. The molecule has 0 radical (unpaired) electrons. The maximum atomic E-state index is 9.18. The monoisotopic (exact) mass is 126 g/mol. The number of rotatable bonds is 0. The Morgan fingerprint density at radius 2 is 2.22 bits per heavy atom. The van der Waals surface area contributed by atoms with Gasteiger partial charge >= 0.3 is 0 Å². The maximum Gasteiger partial charge on any atom is 0.0983 e. The van der Waals surface area contributed by atoms with Crippen LogP contribution in [-0.2, 0) is 4.74 Å². The van der Waals surface area contributed by atoms with Gasteiger partial charge in [-0.15, -0.1) is 0 Å². The third kappa shape index (κ3) is 0.787. The van der Waals surface area contributed by atoms with E-state index in [2.05, 4.69) is 0 Å². The van der Waals surface area contributed by atoms with Crippen molar-refractivity contribution in [2.75, 3.05) is 0 Å². The molecule has 3 atom stereocenters. The molecule has 0 spiro atoms. The fraction of sp³-hybridized carbons (Fsp3) is 0.714. The molecule has 2 nitrogen and oxygen atoms in total. The van der Waals surface area contributed by atoms with Crippen LogP contribution in [0.1, 0.15) is 12.8 Å². The van der Waals surface area contributed by atoms with E-state index in [4.69, 9.17) is 4.74 Å². The quantitative estimate of drug-likeness (QED) is 0.478. The first-order valence-corrected chi connectivity index (χ1v) is 3.38. The molecule has 0 aromatic carbocycles. The highest BCUT2D eigenvalue weighted by Gasteiger charge is 2.31. The van der Waals surface area contributed by atoms with Crippen LogP contribution in [0.2, 0.25) is 0 Å². The van der Waals surface area contributed by atoms with E-state index in [0.717, 1.165) is 12.8 Å². The van der Waals surface area contributed by atoms with Crippen LogP contribution in [0.3, 0.4) is 0 Å². The average Bonchev–Trinajstić information content (AvgIpc) is 2.25. The van der Waals surface area contributed by atoms with Crippen molar-refractivity contribution >= 4 is 0 Å². The van der Waals surface area contributed by atoms with E-state index < -0.39 is 0 Å². The van der Waals surface area contributed by atoms with Crippen molar-refractivity contribution in [2.45, 2.75) is 31.2 Å². The molecular formula is C7H10O2. The average molecular weight is 126 g/mol. The van der Waals surface area contributed by atoms with Crippen LogP contribution in [0.25, 0.3) is 0 Å². The van der Waals surface area contributed by atoms with E-state index in [1.807, 2.05) is 12.2 Å². The van der Waals surface area contributed by atoms with Crippen LogP contribution >= 0.6 is 0 Å². The molecule has 9 heavy (non-hydrogen) atoms. The SMILES string of the molecule is OC1C=C[C@H]2CC[C@@H]1O2. The molecule has 2 aliphatic rings. The zero-order valence-corrected chi connectivity index (χ0v) is 5.16. The molecule has 2 aliphatic heterocycles. The van der Waals surface area contributed by atoms with Crippen molar-refractivity contribution in [2.24, 2.45) is 0 Å². The van der Waals surface area contributed by atoms with E-state index in [1.165, 1.54) is 0 Å². The molecule has 2 heteroatoms. The summed E-state index contributed by atoms with van der Waals surface area (Å²) in [4.78, 5) is 0. The summed E-state index contributed by atoms with van der Waals surface area (Å²) in [7, 11) is 0. The summed E-state index contributed by atoms with van der Waals surface area (Å²) in [6.07, 6.45) is 5.94.